The van der Waals surface area contributed by atoms with Gasteiger partial charge in [0.15, 0.2) is 11.6 Å². The van der Waals surface area contributed by atoms with Gasteiger partial charge in [0.25, 0.3) is 0 Å². The molecule has 5 heteroatoms. The maximum atomic E-state index is 13.7. The summed E-state index contributed by atoms with van der Waals surface area (Å²) in [5.74, 6) is 0.0739. The number of hydrogen-bond acceptors (Lipinski definition) is 4. The molecule has 1 atom stereocenters. The minimum Gasteiger partial charge on any atom is -0.494 e. The van der Waals surface area contributed by atoms with Crippen LogP contribution < -0.4 is 10.5 Å². The molecular weight excluding hydrogens is 247 g/mol. The van der Waals surface area contributed by atoms with Crippen LogP contribution in [0.15, 0.2) is 18.2 Å². The van der Waals surface area contributed by atoms with Crippen molar-refractivity contribution in [1.29, 1.82) is 0 Å². The Morgan fingerprint density at radius 3 is 2.74 bits per heavy atom. The Morgan fingerprint density at radius 1 is 1.42 bits per heavy atom. The van der Waals surface area contributed by atoms with Gasteiger partial charge in [-0.25, -0.2) is 4.39 Å². The molecule has 0 aromatic heterocycles. The molecule has 0 spiro atoms. The molecule has 106 valence electrons. The zero-order valence-electron chi connectivity index (χ0n) is 11.3. The maximum Gasteiger partial charge on any atom is 0.165 e. The lowest BCUT2D eigenvalue weighted by molar-refractivity contribution is 0.0353. The molecule has 0 aliphatic carbocycles. The molecular formula is C14H21FN2O2. The molecule has 2 N–H and O–H groups in total. The summed E-state index contributed by atoms with van der Waals surface area (Å²) in [7, 11) is 1.46. The van der Waals surface area contributed by atoms with E-state index in [0.29, 0.717) is 6.54 Å². The van der Waals surface area contributed by atoms with E-state index in [2.05, 4.69) is 4.90 Å². The molecule has 0 radical (unpaired) electrons. The summed E-state index contributed by atoms with van der Waals surface area (Å²) in [6.07, 6.45) is 0. The third-order valence-electron chi connectivity index (χ3n) is 3.51. The fourth-order valence-corrected chi connectivity index (χ4v) is 2.35. The van der Waals surface area contributed by atoms with Crippen molar-refractivity contribution in [2.75, 3.05) is 46.5 Å². The number of morpholine rings is 1. The summed E-state index contributed by atoms with van der Waals surface area (Å²) in [6, 6.07) is 5.07. The summed E-state index contributed by atoms with van der Waals surface area (Å²) < 4.78 is 24.0. The zero-order valence-corrected chi connectivity index (χ0v) is 11.3. The van der Waals surface area contributed by atoms with Crippen LogP contribution in [0.3, 0.4) is 0 Å². The van der Waals surface area contributed by atoms with E-state index in [9.17, 15) is 4.39 Å². The van der Waals surface area contributed by atoms with Crippen molar-refractivity contribution in [3.05, 3.63) is 29.6 Å². The summed E-state index contributed by atoms with van der Waals surface area (Å²) in [5.41, 5.74) is 6.75. The molecule has 1 heterocycles. The first-order valence-electron chi connectivity index (χ1n) is 6.58. The number of ether oxygens (including phenoxy) is 2. The van der Waals surface area contributed by atoms with Gasteiger partial charge in [0, 0.05) is 32.1 Å². The second-order valence-electron chi connectivity index (χ2n) is 4.74. The second-order valence-corrected chi connectivity index (χ2v) is 4.74. The summed E-state index contributed by atoms with van der Waals surface area (Å²) in [4.78, 5) is 2.31. The third-order valence-corrected chi connectivity index (χ3v) is 3.51. The average molecular weight is 268 g/mol. The van der Waals surface area contributed by atoms with E-state index in [1.807, 2.05) is 6.07 Å². The van der Waals surface area contributed by atoms with Crippen molar-refractivity contribution in [2.24, 2.45) is 5.73 Å². The summed E-state index contributed by atoms with van der Waals surface area (Å²) in [5, 5.41) is 0. The summed E-state index contributed by atoms with van der Waals surface area (Å²) in [6.45, 7) is 4.68. The monoisotopic (exact) mass is 268 g/mol. The van der Waals surface area contributed by atoms with Crippen molar-refractivity contribution < 1.29 is 13.9 Å². The lowest BCUT2D eigenvalue weighted by atomic mass is 9.98. The SMILES string of the molecule is COc1ccc(C(CN)CN2CCOCC2)cc1F. The van der Waals surface area contributed by atoms with Crippen LogP contribution in [0.25, 0.3) is 0 Å². The number of benzene rings is 1. The molecule has 2 rings (SSSR count). The van der Waals surface area contributed by atoms with Gasteiger partial charge in [-0.05, 0) is 17.7 Å². The predicted molar refractivity (Wildman–Crippen MR) is 72.0 cm³/mol. The quantitative estimate of drug-likeness (QED) is 0.872. The number of nitrogens with two attached hydrogens (primary N) is 1. The van der Waals surface area contributed by atoms with Crippen molar-refractivity contribution in [3.8, 4) is 5.75 Å². The van der Waals surface area contributed by atoms with Crippen molar-refractivity contribution in [1.82, 2.24) is 4.90 Å². The van der Waals surface area contributed by atoms with Gasteiger partial charge < -0.3 is 15.2 Å². The Morgan fingerprint density at radius 2 is 2.16 bits per heavy atom. The molecule has 1 unspecified atom stereocenters. The lowest BCUT2D eigenvalue weighted by Gasteiger charge is -2.30. The number of hydrogen-bond donors (Lipinski definition) is 1. The number of nitrogens with zero attached hydrogens (tertiary/aromatic N) is 1. The molecule has 4 nitrogen and oxygen atoms in total. The van der Waals surface area contributed by atoms with Gasteiger partial charge in [0.2, 0.25) is 0 Å². The van der Waals surface area contributed by atoms with Crippen molar-refractivity contribution >= 4 is 0 Å². The van der Waals surface area contributed by atoms with E-state index in [4.69, 9.17) is 15.2 Å². The second kappa shape index (κ2) is 6.84. The maximum absolute atomic E-state index is 13.7. The third kappa shape index (κ3) is 3.65. The topological polar surface area (TPSA) is 47.7 Å². The molecule has 0 bridgehead atoms. The Hall–Kier alpha value is -1.17. The Bertz CT molecular complexity index is 408. The minimum atomic E-state index is -0.333. The predicted octanol–water partition coefficient (Wildman–Crippen LogP) is 1.21. The fourth-order valence-electron chi connectivity index (χ4n) is 2.35. The Labute approximate surface area is 113 Å². The molecule has 1 fully saturated rings. The first-order valence-corrected chi connectivity index (χ1v) is 6.58. The van der Waals surface area contributed by atoms with Gasteiger partial charge >= 0.3 is 0 Å². The number of rotatable bonds is 5. The van der Waals surface area contributed by atoms with Crippen molar-refractivity contribution in [2.45, 2.75) is 5.92 Å². The molecule has 1 aliphatic heterocycles. The molecule has 1 aromatic carbocycles. The van der Waals surface area contributed by atoms with Gasteiger partial charge in [-0.3, -0.25) is 4.90 Å². The first kappa shape index (κ1) is 14.2. The zero-order chi connectivity index (χ0) is 13.7. The van der Waals surface area contributed by atoms with E-state index in [-0.39, 0.29) is 17.5 Å². The largest absolute Gasteiger partial charge is 0.494 e. The molecule has 1 saturated heterocycles. The Kier molecular flexibility index (Phi) is 5.13. The highest BCUT2D eigenvalue weighted by Gasteiger charge is 2.18. The molecule has 0 saturated carbocycles. The standard InChI is InChI=1S/C14H21FN2O2/c1-18-14-3-2-11(8-13(14)15)12(9-16)10-17-4-6-19-7-5-17/h2-3,8,12H,4-7,9-10,16H2,1H3. The van der Waals surface area contributed by atoms with Crippen LogP contribution in [0.5, 0.6) is 5.75 Å². The van der Waals surface area contributed by atoms with E-state index in [1.54, 1.807) is 6.07 Å². The average Bonchev–Trinajstić information content (AvgIpc) is 2.46. The molecule has 1 aliphatic rings. The lowest BCUT2D eigenvalue weighted by Crippen LogP contribution is -2.40. The van der Waals surface area contributed by atoms with Gasteiger partial charge in [-0.1, -0.05) is 6.07 Å². The van der Waals surface area contributed by atoms with Gasteiger partial charge in [-0.15, -0.1) is 0 Å². The highest BCUT2D eigenvalue weighted by molar-refractivity contribution is 5.31. The normalized spacial score (nSPS) is 18.3. The highest BCUT2D eigenvalue weighted by atomic mass is 19.1. The van der Waals surface area contributed by atoms with E-state index in [1.165, 1.54) is 13.2 Å². The van der Waals surface area contributed by atoms with E-state index in [0.717, 1.165) is 38.4 Å². The van der Waals surface area contributed by atoms with Crippen LogP contribution in [0, 0.1) is 5.82 Å². The van der Waals surface area contributed by atoms with E-state index < -0.39 is 0 Å². The highest BCUT2D eigenvalue weighted by Crippen LogP contribution is 2.23. The smallest absolute Gasteiger partial charge is 0.165 e. The van der Waals surface area contributed by atoms with Crippen LogP contribution in [0.2, 0.25) is 0 Å². The van der Waals surface area contributed by atoms with Crippen molar-refractivity contribution in [3.63, 3.8) is 0 Å². The first-order chi connectivity index (χ1) is 9.24. The molecule has 19 heavy (non-hydrogen) atoms. The van der Waals surface area contributed by atoms with Gasteiger partial charge in [0.05, 0.1) is 20.3 Å². The summed E-state index contributed by atoms with van der Waals surface area (Å²) >= 11 is 0. The van der Waals surface area contributed by atoms with Crippen LogP contribution in [0.1, 0.15) is 11.5 Å². The number of halogens is 1. The minimum absolute atomic E-state index is 0.138. The van der Waals surface area contributed by atoms with Crippen LogP contribution in [-0.2, 0) is 4.74 Å². The van der Waals surface area contributed by atoms with E-state index >= 15 is 0 Å². The van der Waals surface area contributed by atoms with Gasteiger partial charge in [-0.2, -0.15) is 0 Å². The Balaban J connectivity index is 2.05. The van der Waals surface area contributed by atoms with Gasteiger partial charge in [0.1, 0.15) is 0 Å². The number of methoxy groups -OCH3 is 1. The van der Waals surface area contributed by atoms with Crippen LogP contribution >= 0.6 is 0 Å². The molecule has 0 amide bonds. The molecule has 1 aromatic rings. The fraction of sp³-hybridized carbons (Fsp3) is 0.571. The van der Waals surface area contributed by atoms with Crippen LogP contribution in [-0.4, -0.2) is 51.4 Å². The van der Waals surface area contributed by atoms with Crippen LogP contribution in [0.4, 0.5) is 4.39 Å².